The summed E-state index contributed by atoms with van der Waals surface area (Å²) in [6.07, 6.45) is 0.987. The van der Waals surface area contributed by atoms with Gasteiger partial charge in [0.25, 0.3) is 0 Å². The van der Waals surface area contributed by atoms with Crippen LogP contribution >= 0.6 is 23.2 Å². The van der Waals surface area contributed by atoms with E-state index >= 15 is 0 Å². The summed E-state index contributed by atoms with van der Waals surface area (Å²) >= 11 is 11.5. The van der Waals surface area contributed by atoms with Crippen LogP contribution in [0.1, 0.15) is 6.42 Å². The lowest BCUT2D eigenvalue weighted by atomic mass is 10.4. The molecule has 1 N–H and O–H groups in total. The Hall–Kier alpha value is -0.690. The number of anilines is 1. The fourth-order valence-electron chi connectivity index (χ4n) is 1.99. The van der Waals surface area contributed by atoms with Gasteiger partial charge in [0.1, 0.15) is 0 Å². The van der Waals surface area contributed by atoms with Gasteiger partial charge in [0.05, 0.1) is 6.61 Å². The molecule has 1 fully saturated rings. The minimum absolute atomic E-state index is 0.112. The first kappa shape index (κ1) is 13.7. The van der Waals surface area contributed by atoms with E-state index < -0.39 is 0 Å². The number of hydrogen-bond donors (Lipinski definition) is 1. The van der Waals surface area contributed by atoms with Crippen molar-refractivity contribution in [3.8, 4) is 0 Å². The van der Waals surface area contributed by atoms with Crippen LogP contribution in [0.3, 0.4) is 0 Å². The molecule has 1 aromatic rings. The first-order valence-corrected chi connectivity index (χ1v) is 6.60. The molecular weight excluding hydrogens is 277 g/mol. The van der Waals surface area contributed by atoms with Crippen molar-refractivity contribution in [2.24, 2.45) is 0 Å². The van der Waals surface area contributed by atoms with E-state index in [9.17, 15) is 0 Å². The molecule has 1 aromatic heterocycles. The van der Waals surface area contributed by atoms with Crippen molar-refractivity contribution in [2.45, 2.75) is 6.42 Å². The lowest BCUT2D eigenvalue weighted by Crippen LogP contribution is -2.33. The van der Waals surface area contributed by atoms with Crippen LogP contribution in [0, 0.1) is 0 Å². The van der Waals surface area contributed by atoms with Crippen LogP contribution < -0.4 is 4.90 Å². The topological polar surface area (TPSA) is 65.4 Å². The number of hydrogen-bond acceptors (Lipinski definition) is 6. The minimum Gasteiger partial charge on any atom is -0.395 e. The van der Waals surface area contributed by atoms with E-state index in [4.69, 9.17) is 28.3 Å². The van der Waals surface area contributed by atoms with Crippen LogP contribution in [0.15, 0.2) is 0 Å². The van der Waals surface area contributed by atoms with E-state index in [0.29, 0.717) is 12.5 Å². The molecule has 1 aliphatic heterocycles. The van der Waals surface area contributed by atoms with Crippen molar-refractivity contribution in [3.63, 3.8) is 0 Å². The molecular formula is C10H15Cl2N5O. The molecule has 0 radical (unpaired) electrons. The molecule has 0 unspecified atom stereocenters. The van der Waals surface area contributed by atoms with E-state index in [2.05, 4.69) is 19.9 Å². The second kappa shape index (κ2) is 6.47. The minimum atomic E-state index is 0.112. The zero-order valence-electron chi connectivity index (χ0n) is 9.89. The highest BCUT2D eigenvalue weighted by Gasteiger charge is 2.17. The number of aliphatic hydroxyl groups is 1. The second-order valence-corrected chi connectivity index (χ2v) is 4.76. The van der Waals surface area contributed by atoms with Crippen LogP contribution in [-0.2, 0) is 0 Å². The Bertz CT molecular complexity index is 386. The number of aromatic nitrogens is 3. The Labute approximate surface area is 116 Å². The molecule has 1 aliphatic rings. The Morgan fingerprint density at radius 1 is 1.00 bits per heavy atom. The quantitative estimate of drug-likeness (QED) is 0.884. The zero-order valence-corrected chi connectivity index (χ0v) is 11.4. The highest BCUT2D eigenvalue weighted by Crippen LogP contribution is 2.15. The first-order chi connectivity index (χ1) is 8.69. The molecule has 0 aromatic carbocycles. The summed E-state index contributed by atoms with van der Waals surface area (Å²) in [6.45, 7) is 4.34. The standard InChI is InChI=1S/C10H15Cl2N5O/c11-8-13-9(12)15-10(14-8)17-3-1-2-16(4-5-17)6-7-18/h18H,1-7H2. The third-order valence-corrected chi connectivity index (χ3v) is 3.19. The zero-order chi connectivity index (χ0) is 13.0. The lowest BCUT2D eigenvalue weighted by molar-refractivity contribution is 0.204. The fraction of sp³-hybridized carbons (Fsp3) is 0.700. The number of β-amino-alcohol motifs (C(OH)–C–C–N with tert-alkyl or cyclic N) is 1. The van der Waals surface area contributed by atoms with Crippen LogP contribution in [0.4, 0.5) is 5.95 Å². The largest absolute Gasteiger partial charge is 0.395 e. The van der Waals surface area contributed by atoms with Crippen molar-refractivity contribution in [3.05, 3.63) is 10.6 Å². The predicted molar refractivity (Wildman–Crippen MR) is 70.2 cm³/mol. The summed E-state index contributed by atoms with van der Waals surface area (Å²) in [5.41, 5.74) is 0. The summed E-state index contributed by atoms with van der Waals surface area (Å²) < 4.78 is 0. The summed E-state index contributed by atoms with van der Waals surface area (Å²) in [4.78, 5) is 16.2. The van der Waals surface area contributed by atoms with E-state index in [0.717, 1.165) is 32.6 Å². The van der Waals surface area contributed by atoms with Gasteiger partial charge in [0.2, 0.25) is 16.5 Å². The van der Waals surface area contributed by atoms with E-state index in [1.807, 2.05) is 4.90 Å². The molecule has 6 nitrogen and oxygen atoms in total. The smallest absolute Gasteiger partial charge is 0.231 e. The van der Waals surface area contributed by atoms with Gasteiger partial charge in [0.15, 0.2) is 0 Å². The molecule has 0 bridgehead atoms. The van der Waals surface area contributed by atoms with Crippen LogP contribution in [-0.4, -0.2) is 64.3 Å². The van der Waals surface area contributed by atoms with Crippen molar-refractivity contribution < 1.29 is 5.11 Å². The third-order valence-electron chi connectivity index (χ3n) is 2.86. The van der Waals surface area contributed by atoms with Gasteiger partial charge in [-0.15, -0.1) is 0 Å². The molecule has 0 saturated carbocycles. The molecule has 100 valence electrons. The second-order valence-electron chi connectivity index (χ2n) is 4.08. The molecule has 2 rings (SSSR count). The van der Waals surface area contributed by atoms with Crippen LogP contribution in [0.25, 0.3) is 0 Å². The Morgan fingerprint density at radius 3 is 2.39 bits per heavy atom. The molecule has 2 heterocycles. The van der Waals surface area contributed by atoms with Crippen molar-refractivity contribution in [2.75, 3.05) is 44.2 Å². The average molecular weight is 292 g/mol. The molecule has 0 atom stereocenters. The Morgan fingerprint density at radius 2 is 1.72 bits per heavy atom. The summed E-state index contributed by atoms with van der Waals surface area (Å²) in [7, 11) is 0. The maximum absolute atomic E-state index is 8.94. The Kier molecular flexibility index (Phi) is 4.94. The Balaban J connectivity index is 2.05. The normalized spacial score (nSPS) is 17.8. The van der Waals surface area contributed by atoms with E-state index in [1.165, 1.54) is 0 Å². The van der Waals surface area contributed by atoms with Crippen LogP contribution in [0.5, 0.6) is 0 Å². The molecule has 0 spiro atoms. The number of nitrogens with zero attached hydrogens (tertiary/aromatic N) is 5. The van der Waals surface area contributed by atoms with Crippen LogP contribution in [0.2, 0.25) is 10.6 Å². The predicted octanol–water partition coefficient (Wildman–Crippen LogP) is 0.683. The van der Waals surface area contributed by atoms with Gasteiger partial charge < -0.3 is 10.0 Å². The van der Waals surface area contributed by atoms with Gasteiger partial charge in [-0.3, -0.25) is 4.90 Å². The maximum atomic E-state index is 8.94. The van der Waals surface area contributed by atoms with Crippen molar-refractivity contribution >= 4 is 29.2 Å². The third kappa shape index (κ3) is 3.65. The SMILES string of the molecule is OCCN1CCCN(c2nc(Cl)nc(Cl)n2)CC1. The highest BCUT2D eigenvalue weighted by molar-refractivity contribution is 6.31. The van der Waals surface area contributed by atoms with Gasteiger partial charge in [-0.25, -0.2) is 0 Å². The lowest BCUT2D eigenvalue weighted by Gasteiger charge is -2.21. The molecule has 1 saturated heterocycles. The van der Waals surface area contributed by atoms with E-state index in [1.54, 1.807) is 0 Å². The average Bonchev–Trinajstić information content (AvgIpc) is 2.54. The molecule has 0 aliphatic carbocycles. The molecule has 0 amide bonds. The summed E-state index contributed by atoms with van der Waals surface area (Å²) in [5.74, 6) is 0.519. The summed E-state index contributed by atoms with van der Waals surface area (Å²) in [5, 5.41) is 9.17. The van der Waals surface area contributed by atoms with E-state index in [-0.39, 0.29) is 17.2 Å². The highest BCUT2D eigenvalue weighted by atomic mass is 35.5. The van der Waals surface area contributed by atoms with Crippen molar-refractivity contribution in [1.82, 2.24) is 19.9 Å². The van der Waals surface area contributed by atoms with Gasteiger partial charge in [-0.2, -0.15) is 15.0 Å². The maximum Gasteiger partial charge on any atom is 0.231 e. The fourth-order valence-corrected chi connectivity index (χ4v) is 2.35. The van der Waals surface area contributed by atoms with Gasteiger partial charge in [0, 0.05) is 26.2 Å². The molecule has 18 heavy (non-hydrogen) atoms. The number of aliphatic hydroxyl groups excluding tert-OH is 1. The molecule has 8 heteroatoms. The number of halogens is 2. The van der Waals surface area contributed by atoms with Gasteiger partial charge in [-0.05, 0) is 36.2 Å². The van der Waals surface area contributed by atoms with Gasteiger partial charge in [-0.1, -0.05) is 0 Å². The monoisotopic (exact) mass is 291 g/mol. The van der Waals surface area contributed by atoms with Crippen molar-refractivity contribution in [1.29, 1.82) is 0 Å². The van der Waals surface area contributed by atoms with Gasteiger partial charge >= 0.3 is 0 Å². The summed E-state index contributed by atoms with van der Waals surface area (Å²) in [6, 6.07) is 0. The first-order valence-electron chi connectivity index (χ1n) is 5.84. The number of rotatable bonds is 3.